The lowest BCUT2D eigenvalue weighted by molar-refractivity contribution is -0.128. The monoisotopic (exact) mass is 534 g/mol. The summed E-state index contributed by atoms with van der Waals surface area (Å²) in [7, 11) is 0. The van der Waals surface area contributed by atoms with Gasteiger partial charge in [-0.3, -0.25) is 9.63 Å². The van der Waals surface area contributed by atoms with Crippen molar-refractivity contribution >= 4 is 17.4 Å². The summed E-state index contributed by atoms with van der Waals surface area (Å²) in [6.45, 7) is 3.58. The highest BCUT2D eigenvalue weighted by Gasteiger charge is 2.39. The molecule has 1 fully saturated rings. The zero-order chi connectivity index (χ0) is 27.9. The summed E-state index contributed by atoms with van der Waals surface area (Å²) in [4.78, 5) is 25.7. The molecule has 4 N–H and O–H groups in total. The molecule has 39 heavy (non-hydrogen) atoms. The van der Waals surface area contributed by atoms with Gasteiger partial charge in [-0.25, -0.2) is 9.38 Å². The van der Waals surface area contributed by atoms with Gasteiger partial charge in [0.15, 0.2) is 0 Å². The molecule has 204 valence electrons. The van der Waals surface area contributed by atoms with Gasteiger partial charge in [0, 0.05) is 37.8 Å². The molecule has 0 saturated carbocycles. The molecule has 0 aliphatic carbocycles. The molecule has 2 aromatic rings. The van der Waals surface area contributed by atoms with Crippen LogP contribution < -0.4 is 16.8 Å². The van der Waals surface area contributed by atoms with Crippen LogP contribution in [0.25, 0.3) is 5.70 Å². The average molecular weight is 535 g/mol. The van der Waals surface area contributed by atoms with Crippen molar-refractivity contribution in [2.24, 2.45) is 16.6 Å². The molecule has 3 unspecified atom stereocenters. The Labute approximate surface area is 227 Å². The van der Waals surface area contributed by atoms with Gasteiger partial charge >= 0.3 is 0 Å². The van der Waals surface area contributed by atoms with Gasteiger partial charge in [-0.1, -0.05) is 43.3 Å². The van der Waals surface area contributed by atoms with Gasteiger partial charge in [0.2, 0.25) is 5.91 Å². The van der Waals surface area contributed by atoms with Crippen molar-refractivity contribution in [3.8, 4) is 12.8 Å². The first-order chi connectivity index (χ1) is 19.0. The van der Waals surface area contributed by atoms with E-state index in [0.717, 1.165) is 36.3 Å². The number of amides is 1. The highest BCUT2D eigenvalue weighted by Crippen LogP contribution is 2.35. The van der Waals surface area contributed by atoms with Crippen LogP contribution in [0.15, 0.2) is 71.6 Å². The second kappa shape index (κ2) is 12.6. The molecule has 10 heteroatoms. The number of nitrogens with two attached hydrogens (primary N) is 1. The number of terminal acetylenes is 1. The summed E-state index contributed by atoms with van der Waals surface area (Å²) >= 11 is 0. The molecule has 0 radical (unpaired) electrons. The molecule has 0 bridgehead atoms. The van der Waals surface area contributed by atoms with E-state index in [0.29, 0.717) is 29.9 Å². The predicted octanol–water partition coefficient (Wildman–Crippen LogP) is 3.96. The number of likely N-dealkylation sites (tertiary alicyclic amines) is 1. The van der Waals surface area contributed by atoms with E-state index < -0.39 is 6.10 Å². The van der Waals surface area contributed by atoms with Crippen molar-refractivity contribution < 1.29 is 18.5 Å². The molecule has 3 atom stereocenters. The van der Waals surface area contributed by atoms with Crippen LogP contribution in [0.3, 0.4) is 0 Å². The van der Waals surface area contributed by atoms with Crippen LogP contribution in [0.5, 0.6) is 0 Å². The van der Waals surface area contributed by atoms with E-state index in [4.69, 9.17) is 10.6 Å². The van der Waals surface area contributed by atoms with Crippen LogP contribution in [0.1, 0.15) is 49.0 Å². The van der Waals surface area contributed by atoms with E-state index in [1.54, 1.807) is 18.3 Å². The number of carbonyl (C=O) groups is 1. The van der Waals surface area contributed by atoms with Crippen molar-refractivity contribution in [2.75, 3.05) is 13.1 Å². The Morgan fingerprint density at radius 1 is 1.18 bits per heavy atom. The van der Waals surface area contributed by atoms with Crippen molar-refractivity contribution in [3.63, 3.8) is 0 Å². The zero-order valence-electron chi connectivity index (χ0n) is 21.7. The molecule has 8 nitrogen and oxygen atoms in total. The first kappa shape index (κ1) is 27.8. The number of carbonyl (C=O) groups excluding carboxylic acids is 1. The Morgan fingerprint density at radius 3 is 2.44 bits per heavy atom. The standard InChI is InChI=1S/C27H30F2N6O2.C2H2/c1-2-17(16-34-14-3-4-22(34)36)27-32-23(24-26(30)31-13-15-35(24)27)18-5-7-19(8-6-18)25(37-33-29)20-9-11-21(28)12-10-20;1-2/h5-13,15,17,25,27,32-33H,2-4,14,16H2,1H3,(H2,30,31);1-2H. The van der Waals surface area contributed by atoms with Crippen LogP contribution in [-0.2, 0) is 9.63 Å². The maximum absolute atomic E-state index is 13.4. The fourth-order valence-corrected chi connectivity index (χ4v) is 5.26. The minimum absolute atomic E-state index is 0.0978. The smallest absolute Gasteiger partial charge is 0.222 e. The molecular formula is C29H32F2N6O2. The van der Waals surface area contributed by atoms with E-state index >= 15 is 0 Å². The fraction of sp³-hybridized carbons (Fsp3) is 0.310. The van der Waals surface area contributed by atoms with Gasteiger partial charge in [-0.15, -0.1) is 17.3 Å². The third-order valence-corrected chi connectivity index (χ3v) is 7.20. The molecule has 1 saturated heterocycles. The molecule has 2 aromatic carbocycles. The van der Waals surface area contributed by atoms with Crippen LogP contribution in [0, 0.1) is 24.6 Å². The fourth-order valence-electron chi connectivity index (χ4n) is 5.26. The number of rotatable bonds is 9. The Kier molecular flexibility index (Phi) is 8.96. The lowest BCUT2D eigenvalue weighted by atomic mass is 9.99. The number of amidine groups is 1. The summed E-state index contributed by atoms with van der Waals surface area (Å²) in [6, 6.07) is 13.2. The van der Waals surface area contributed by atoms with Gasteiger partial charge in [0.05, 0.1) is 5.70 Å². The second-order valence-corrected chi connectivity index (χ2v) is 9.39. The summed E-state index contributed by atoms with van der Waals surface area (Å²) in [6.07, 6.45) is 13.1. The largest absolute Gasteiger partial charge is 0.382 e. The van der Waals surface area contributed by atoms with E-state index in [1.807, 2.05) is 35.4 Å². The van der Waals surface area contributed by atoms with Crippen molar-refractivity contribution in [1.82, 2.24) is 20.8 Å². The molecule has 0 spiro atoms. The minimum Gasteiger partial charge on any atom is -0.382 e. The van der Waals surface area contributed by atoms with Gasteiger partial charge in [-0.05, 0) is 47.4 Å². The number of hydrogen-bond acceptors (Lipinski definition) is 7. The number of aliphatic imine (C=N–C) groups is 1. The molecule has 1 amide bonds. The van der Waals surface area contributed by atoms with Gasteiger partial charge < -0.3 is 20.9 Å². The zero-order valence-corrected chi connectivity index (χ0v) is 21.7. The van der Waals surface area contributed by atoms with Crippen molar-refractivity contribution in [2.45, 2.75) is 38.5 Å². The quantitative estimate of drug-likeness (QED) is 0.256. The normalized spacial score (nSPS) is 19.7. The number of nitrogens with one attached hydrogen (secondary N) is 2. The Bertz CT molecular complexity index is 1270. The number of fused-ring (bicyclic) bond motifs is 1. The molecule has 5 rings (SSSR count). The second-order valence-electron chi connectivity index (χ2n) is 9.39. The van der Waals surface area contributed by atoms with Crippen LogP contribution in [-0.4, -0.2) is 40.8 Å². The van der Waals surface area contributed by atoms with Crippen molar-refractivity contribution in [3.05, 3.63) is 89.1 Å². The predicted molar refractivity (Wildman–Crippen MR) is 146 cm³/mol. The van der Waals surface area contributed by atoms with Gasteiger partial charge in [0.1, 0.15) is 29.6 Å². The molecular weight excluding hydrogens is 502 g/mol. The summed E-state index contributed by atoms with van der Waals surface area (Å²) in [5, 5.41) is 3.64. The summed E-state index contributed by atoms with van der Waals surface area (Å²) < 4.78 is 26.3. The number of nitrogens with zero attached hydrogens (tertiary/aromatic N) is 3. The third-order valence-electron chi connectivity index (χ3n) is 7.20. The highest BCUT2D eigenvalue weighted by atomic mass is 19.2. The number of halogens is 2. The van der Waals surface area contributed by atoms with E-state index in [1.165, 1.54) is 17.8 Å². The Hall–Kier alpha value is -4.20. The van der Waals surface area contributed by atoms with E-state index in [-0.39, 0.29) is 23.8 Å². The van der Waals surface area contributed by atoms with E-state index in [2.05, 4.69) is 35.0 Å². The first-order valence-corrected chi connectivity index (χ1v) is 12.8. The van der Waals surface area contributed by atoms with Crippen LogP contribution >= 0.6 is 0 Å². The molecule has 3 aliphatic heterocycles. The summed E-state index contributed by atoms with van der Waals surface area (Å²) in [5.41, 5.74) is 11.4. The van der Waals surface area contributed by atoms with Crippen LogP contribution in [0.4, 0.5) is 8.87 Å². The molecule has 0 aromatic heterocycles. The number of hydrogen-bond donors (Lipinski definition) is 3. The summed E-state index contributed by atoms with van der Waals surface area (Å²) in [5.74, 6) is 0.386. The van der Waals surface area contributed by atoms with Crippen molar-refractivity contribution in [1.29, 1.82) is 0 Å². The van der Waals surface area contributed by atoms with Gasteiger partial charge in [0.25, 0.3) is 0 Å². The molecule has 3 heterocycles. The lowest BCUT2D eigenvalue weighted by Crippen LogP contribution is -2.47. The number of benzene rings is 2. The Balaban J connectivity index is 0.00000172. The average Bonchev–Trinajstić information content (AvgIpc) is 3.56. The van der Waals surface area contributed by atoms with Crippen LogP contribution in [0.2, 0.25) is 0 Å². The first-order valence-electron chi connectivity index (χ1n) is 12.8. The SMILES string of the molecule is C#C.CCC(CN1CCCC1=O)C1NC(c2ccc(C(ONF)c3ccc(F)cc3)cc2)=C2C(N)=NC=CN21. The highest BCUT2D eigenvalue weighted by molar-refractivity contribution is 6.05. The third kappa shape index (κ3) is 5.79. The maximum atomic E-state index is 13.4. The van der Waals surface area contributed by atoms with E-state index in [9.17, 15) is 13.7 Å². The topological polar surface area (TPSA) is 95.2 Å². The Morgan fingerprint density at radius 2 is 1.85 bits per heavy atom. The maximum Gasteiger partial charge on any atom is 0.222 e. The van der Waals surface area contributed by atoms with Gasteiger partial charge in [-0.2, -0.15) is 0 Å². The lowest BCUT2D eigenvalue weighted by Gasteiger charge is -2.34. The minimum atomic E-state index is -0.773. The molecule has 3 aliphatic rings.